The lowest BCUT2D eigenvalue weighted by atomic mass is 9.89. The van der Waals surface area contributed by atoms with Gasteiger partial charge in [0, 0.05) is 6.54 Å². The molecule has 1 fully saturated rings. The quantitative estimate of drug-likeness (QED) is 0.771. The molecule has 0 radical (unpaired) electrons. The third kappa shape index (κ3) is 2.89. The van der Waals surface area contributed by atoms with Gasteiger partial charge < -0.3 is 4.74 Å². The summed E-state index contributed by atoms with van der Waals surface area (Å²) in [6.45, 7) is 4.92. The Bertz CT molecular complexity index is 408. The molecule has 1 aliphatic carbocycles. The van der Waals surface area contributed by atoms with E-state index in [1.165, 1.54) is 32.1 Å². The predicted octanol–water partition coefficient (Wildman–Crippen LogP) is 2.34. The molecule has 2 rings (SSSR count). The maximum absolute atomic E-state index is 11.6. The topological polar surface area (TPSA) is 57.0 Å². The van der Waals surface area contributed by atoms with E-state index in [4.69, 9.17) is 4.74 Å². The molecule has 1 aromatic rings. The monoisotopic (exact) mass is 251 g/mol. The first-order chi connectivity index (χ1) is 8.72. The minimum absolute atomic E-state index is 0.354. The molecule has 0 amide bonds. The fourth-order valence-corrected chi connectivity index (χ4v) is 2.54. The van der Waals surface area contributed by atoms with Gasteiger partial charge in [-0.3, -0.25) is 0 Å². The summed E-state index contributed by atoms with van der Waals surface area (Å²) < 4.78 is 6.81. The van der Waals surface area contributed by atoms with Crippen molar-refractivity contribution < 1.29 is 9.53 Å². The zero-order valence-corrected chi connectivity index (χ0v) is 11.2. The Morgan fingerprint density at radius 1 is 1.39 bits per heavy atom. The summed E-state index contributed by atoms with van der Waals surface area (Å²) in [5, 5.41) is 8.02. The van der Waals surface area contributed by atoms with Crippen LogP contribution >= 0.6 is 0 Å². The van der Waals surface area contributed by atoms with Crippen LogP contribution in [0.1, 0.15) is 55.2 Å². The van der Waals surface area contributed by atoms with Gasteiger partial charge in [0.15, 0.2) is 5.69 Å². The van der Waals surface area contributed by atoms with Gasteiger partial charge in [-0.2, -0.15) is 0 Å². The molecule has 1 heterocycles. The Morgan fingerprint density at radius 2 is 2.11 bits per heavy atom. The second-order valence-electron chi connectivity index (χ2n) is 4.93. The standard InChI is InChI=1S/C13H21N3O2/c1-3-18-13(17)12-10(2)16(15-14-12)9-11-7-5-4-6-8-11/h11H,3-9H2,1-2H3. The van der Waals surface area contributed by atoms with Crippen LogP contribution in [-0.2, 0) is 11.3 Å². The van der Waals surface area contributed by atoms with Gasteiger partial charge in [0.1, 0.15) is 0 Å². The Hall–Kier alpha value is -1.39. The van der Waals surface area contributed by atoms with Crippen LogP contribution in [0.15, 0.2) is 0 Å². The predicted molar refractivity (Wildman–Crippen MR) is 67.3 cm³/mol. The first-order valence-electron chi connectivity index (χ1n) is 6.79. The van der Waals surface area contributed by atoms with Crippen molar-refractivity contribution in [3.05, 3.63) is 11.4 Å². The van der Waals surface area contributed by atoms with Crippen molar-refractivity contribution in [3.8, 4) is 0 Å². The second-order valence-corrected chi connectivity index (χ2v) is 4.93. The average Bonchev–Trinajstić information content (AvgIpc) is 2.73. The highest BCUT2D eigenvalue weighted by Gasteiger charge is 2.20. The van der Waals surface area contributed by atoms with E-state index >= 15 is 0 Å². The average molecular weight is 251 g/mol. The molecule has 0 aromatic carbocycles. The van der Waals surface area contributed by atoms with Crippen LogP contribution in [0.2, 0.25) is 0 Å². The minimum atomic E-state index is -0.370. The number of aromatic nitrogens is 3. The molecule has 0 unspecified atom stereocenters. The van der Waals surface area contributed by atoms with Gasteiger partial charge >= 0.3 is 5.97 Å². The molecule has 0 N–H and O–H groups in total. The molecule has 0 aliphatic heterocycles. The van der Waals surface area contributed by atoms with Crippen LogP contribution in [-0.4, -0.2) is 27.6 Å². The molecule has 5 nitrogen and oxygen atoms in total. The number of hydrogen-bond acceptors (Lipinski definition) is 4. The van der Waals surface area contributed by atoms with Crippen LogP contribution in [0, 0.1) is 12.8 Å². The molecule has 1 aliphatic rings. The van der Waals surface area contributed by atoms with Crippen LogP contribution in [0.25, 0.3) is 0 Å². The summed E-state index contributed by atoms with van der Waals surface area (Å²) in [5.74, 6) is 0.305. The number of carbonyl (C=O) groups is 1. The van der Waals surface area contributed by atoms with E-state index in [-0.39, 0.29) is 5.97 Å². The second kappa shape index (κ2) is 5.98. The maximum atomic E-state index is 11.6. The number of esters is 1. The van der Waals surface area contributed by atoms with Crippen molar-refractivity contribution in [1.29, 1.82) is 0 Å². The summed E-state index contributed by atoms with van der Waals surface area (Å²) in [7, 11) is 0. The Labute approximate surface area is 108 Å². The molecule has 1 saturated carbocycles. The molecular weight excluding hydrogens is 230 g/mol. The molecule has 18 heavy (non-hydrogen) atoms. The van der Waals surface area contributed by atoms with Crippen LogP contribution in [0.3, 0.4) is 0 Å². The maximum Gasteiger partial charge on any atom is 0.360 e. The van der Waals surface area contributed by atoms with E-state index < -0.39 is 0 Å². The number of ether oxygens (including phenoxy) is 1. The first-order valence-corrected chi connectivity index (χ1v) is 6.79. The van der Waals surface area contributed by atoms with Crippen molar-refractivity contribution in [3.63, 3.8) is 0 Å². The Kier molecular flexibility index (Phi) is 4.33. The van der Waals surface area contributed by atoms with Crippen LogP contribution < -0.4 is 0 Å². The van der Waals surface area contributed by atoms with Crippen molar-refractivity contribution in [2.24, 2.45) is 5.92 Å². The SMILES string of the molecule is CCOC(=O)c1nnn(CC2CCCCC2)c1C. The Balaban J connectivity index is 2.03. The molecular formula is C13H21N3O2. The third-order valence-electron chi connectivity index (χ3n) is 3.61. The van der Waals surface area contributed by atoms with Gasteiger partial charge in [0.25, 0.3) is 0 Å². The summed E-state index contributed by atoms with van der Waals surface area (Å²) in [6.07, 6.45) is 6.48. The molecule has 1 aromatic heterocycles. The van der Waals surface area contributed by atoms with E-state index in [0.717, 1.165) is 12.2 Å². The van der Waals surface area contributed by atoms with E-state index in [2.05, 4.69) is 10.3 Å². The highest BCUT2D eigenvalue weighted by molar-refractivity contribution is 5.88. The Morgan fingerprint density at radius 3 is 2.78 bits per heavy atom. The summed E-state index contributed by atoms with van der Waals surface area (Å²) >= 11 is 0. The molecule has 0 bridgehead atoms. The van der Waals surface area contributed by atoms with Crippen molar-refractivity contribution in [2.75, 3.05) is 6.61 Å². The fourth-order valence-electron chi connectivity index (χ4n) is 2.54. The third-order valence-corrected chi connectivity index (χ3v) is 3.61. The smallest absolute Gasteiger partial charge is 0.360 e. The number of carbonyl (C=O) groups excluding carboxylic acids is 1. The number of nitrogens with zero attached hydrogens (tertiary/aromatic N) is 3. The van der Waals surface area contributed by atoms with Gasteiger partial charge in [-0.25, -0.2) is 9.48 Å². The lowest BCUT2D eigenvalue weighted by Gasteiger charge is -2.21. The van der Waals surface area contributed by atoms with Crippen LogP contribution in [0.4, 0.5) is 0 Å². The van der Waals surface area contributed by atoms with Gasteiger partial charge in [0.05, 0.1) is 12.3 Å². The molecule has 5 heteroatoms. The van der Waals surface area contributed by atoms with Gasteiger partial charge in [0.2, 0.25) is 0 Å². The highest BCUT2D eigenvalue weighted by Crippen LogP contribution is 2.25. The lowest BCUT2D eigenvalue weighted by molar-refractivity contribution is 0.0518. The van der Waals surface area contributed by atoms with E-state index in [1.54, 1.807) is 6.92 Å². The summed E-state index contributed by atoms with van der Waals surface area (Å²) in [4.78, 5) is 11.6. The van der Waals surface area contributed by atoms with Gasteiger partial charge in [-0.1, -0.05) is 24.5 Å². The summed E-state index contributed by atoms with van der Waals surface area (Å²) in [6, 6.07) is 0. The van der Waals surface area contributed by atoms with E-state index in [0.29, 0.717) is 18.2 Å². The zero-order chi connectivity index (χ0) is 13.0. The van der Waals surface area contributed by atoms with Crippen molar-refractivity contribution in [1.82, 2.24) is 15.0 Å². The van der Waals surface area contributed by atoms with Crippen molar-refractivity contribution >= 4 is 5.97 Å². The highest BCUT2D eigenvalue weighted by atomic mass is 16.5. The number of rotatable bonds is 4. The zero-order valence-electron chi connectivity index (χ0n) is 11.2. The largest absolute Gasteiger partial charge is 0.461 e. The van der Waals surface area contributed by atoms with Gasteiger partial charge in [-0.05, 0) is 32.6 Å². The summed E-state index contributed by atoms with van der Waals surface area (Å²) in [5.41, 5.74) is 1.17. The first kappa shape index (κ1) is 13.1. The van der Waals surface area contributed by atoms with E-state index in [1.807, 2.05) is 11.6 Å². The molecule has 0 spiro atoms. The van der Waals surface area contributed by atoms with Gasteiger partial charge in [-0.15, -0.1) is 5.10 Å². The molecule has 100 valence electrons. The molecule has 0 saturated heterocycles. The number of hydrogen-bond donors (Lipinski definition) is 0. The van der Waals surface area contributed by atoms with Crippen molar-refractivity contribution in [2.45, 2.75) is 52.5 Å². The normalized spacial score (nSPS) is 16.8. The fraction of sp³-hybridized carbons (Fsp3) is 0.769. The van der Waals surface area contributed by atoms with E-state index in [9.17, 15) is 4.79 Å². The lowest BCUT2D eigenvalue weighted by Crippen LogP contribution is -2.16. The minimum Gasteiger partial charge on any atom is -0.461 e. The van der Waals surface area contributed by atoms with Crippen LogP contribution in [0.5, 0.6) is 0 Å². The molecule has 0 atom stereocenters.